The summed E-state index contributed by atoms with van der Waals surface area (Å²) >= 11 is 1.83. The highest BCUT2D eigenvalue weighted by Crippen LogP contribution is 2.64. The fraction of sp³-hybridized carbons (Fsp3) is 0.464. The lowest BCUT2D eigenvalue weighted by atomic mass is 10.1. The topological polar surface area (TPSA) is 59.9 Å². The predicted octanol–water partition coefficient (Wildman–Crippen LogP) is 4.61. The first-order valence-corrected chi connectivity index (χ1v) is 13.8. The molecule has 1 saturated carbocycles. The summed E-state index contributed by atoms with van der Waals surface area (Å²) in [5.41, 5.74) is 2.69. The monoisotopic (exact) mass is 501 g/mol. The summed E-state index contributed by atoms with van der Waals surface area (Å²) in [5.74, 6) is 3.03. The van der Waals surface area contributed by atoms with Crippen molar-refractivity contribution in [2.24, 2.45) is 10.9 Å². The lowest BCUT2D eigenvalue weighted by Gasteiger charge is -2.25. The third kappa shape index (κ3) is 4.64. The molecule has 0 aromatic carbocycles. The average molecular weight is 502 g/mol. The summed E-state index contributed by atoms with van der Waals surface area (Å²) in [4.78, 5) is 23.3. The maximum absolute atomic E-state index is 5.01. The Hall–Kier alpha value is -2.84. The zero-order valence-corrected chi connectivity index (χ0v) is 22.3. The van der Waals surface area contributed by atoms with Crippen molar-refractivity contribution in [3.8, 4) is 0 Å². The molecule has 1 aromatic rings. The molecule has 1 saturated heterocycles. The Labute approximate surface area is 218 Å². The number of aromatic nitrogens is 2. The molecule has 1 N–H and O–H groups in total. The molecular formula is C28H35N7S. The summed E-state index contributed by atoms with van der Waals surface area (Å²) in [6.45, 7) is 7.16. The molecule has 0 amide bonds. The SMILES string of the molecule is CC1=NC23CC2C(Nc2cc(N(C)C)nc(N4CCCN(CC5=CC=CC=CC5)CC4)n2)=CC=C3S1. The second-order valence-corrected chi connectivity index (χ2v) is 11.7. The molecule has 188 valence electrons. The molecule has 2 unspecified atom stereocenters. The number of nitrogens with zero attached hydrogens (tertiary/aromatic N) is 6. The van der Waals surface area contributed by atoms with Crippen LogP contribution in [0.1, 0.15) is 26.2 Å². The van der Waals surface area contributed by atoms with E-state index in [2.05, 4.69) is 75.5 Å². The molecule has 2 fully saturated rings. The maximum Gasteiger partial charge on any atom is 0.229 e. The van der Waals surface area contributed by atoms with E-state index in [1.807, 2.05) is 25.9 Å². The van der Waals surface area contributed by atoms with Crippen molar-refractivity contribution in [3.05, 3.63) is 64.8 Å². The summed E-state index contributed by atoms with van der Waals surface area (Å²) < 4.78 is 0. The van der Waals surface area contributed by atoms with Crippen molar-refractivity contribution in [3.63, 3.8) is 0 Å². The Morgan fingerprint density at radius 3 is 2.89 bits per heavy atom. The van der Waals surface area contributed by atoms with E-state index >= 15 is 0 Å². The van der Waals surface area contributed by atoms with E-state index in [-0.39, 0.29) is 5.54 Å². The summed E-state index contributed by atoms with van der Waals surface area (Å²) in [6.07, 6.45) is 18.6. The van der Waals surface area contributed by atoms with Gasteiger partial charge in [-0.05, 0) is 38.3 Å². The number of hydrogen-bond acceptors (Lipinski definition) is 8. The lowest BCUT2D eigenvalue weighted by molar-refractivity contribution is 0.316. The average Bonchev–Trinajstić information content (AvgIpc) is 3.60. The molecule has 1 aromatic heterocycles. The zero-order valence-electron chi connectivity index (χ0n) is 21.4. The quantitative estimate of drug-likeness (QED) is 0.611. The highest BCUT2D eigenvalue weighted by Gasteiger charge is 2.62. The Balaban J connectivity index is 1.17. The van der Waals surface area contributed by atoms with Gasteiger partial charge in [-0.1, -0.05) is 47.7 Å². The Bertz CT molecular complexity index is 1220. The van der Waals surface area contributed by atoms with Crippen LogP contribution in [0.4, 0.5) is 17.6 Å². The Morgan fingerprint density at radius 1 is 1.08 bits per heavy atom. The standard InChI is InChI=1S/C28H35N7S/c1-20-32-28-18-22(28)23(11-12-24(28)36-20)29-25-17-26(33(2)3)31-27(30-25)35-14-8-13-34(15-16-35)19-21-9-6-4-5-7-10-21/h4-7,9,11-12,17,22H,8,10,13-16,18-19H2,1-3H3,(H,29,30,31). The van der Waals surface area contributed by atoms with Gasteiger partial charge in [0.05, 0.1) is 5.04 Å². The smallest absolute Gasteiger partial charge is 0.229 e. The summed E-state index contributed by atoms with van der Waals surface area (Å²) in [7, 11) is 4.09. The largest absolute Gasteiger partial charge is 0.363 e. The van der Waals surface area contributed by atoms with Crippen molar-refractivity contribution in [1.82, 2.24) is 14.9 Å². The number of thioether (sulfide) groups is 1. The van der Waals surface area contributed by atoms with Gasteiger partial charge in [-0.3, -0.25) is 9.89 Å². The highest BCUT2D eigenvalue weighted by molar-refractivity contribution is 8.17. The van der Waals surface area contributed by atoms with Crippen LogP contribution < -0.4 is 15.1 Å². The molecule has 36 heavy (non-hydrogen) atoms. The molecule has 0 radical (unpaired) electrons. The Morgan fingerprint density at radius 2 is 2.00 bits per heavy atom. The van der Waals surface area contributed by atoms with Gasteiger partial charge in [0.15, 0.2) is 0 Å². The van der Waals surface area contributed by atoms with Crippen LogP contribution >= 0.6 is 11.8 Å². The van der Waals surface area contributed by atoms with Gasteiger partial charge < -0.3 is 15.1 Å². The first-order valence-electron chi connectivity index (χ1n) is 13.0. The van der Waals surface area contributed by atoms with Crippen molar-refractivity contribution >= 4 is 34.4 Å². The summed E-state index contributed by atoms with van der Waals surface area (Å²) in [5, 5.41) is 4.83. The minimum atomic E-state index is -0.00130. The fourth-order valence-corrected chi connectivity index (χ4v) is 6.68. The van der Waals surface area contributed by atoms with Crippen LogP contribution in [0.5, 0.6) is 0 Å². The molecule has 2 atom stereocenters. The Kier molecular flexibility index (Phi) is 6.25. The van der Waals surface area contributed by atoms with Crippen LogP contribution in [0.25, 0.3) is 0 Å². The van der Waals surface area contributed by atoms with Crippen molar-refractivity contribution in [2.75, 3.05) is 61.9 Å². The van der Waals surface area contributed by atoms with E-state index in [1.54, 1.807) is 0 Å². The second-order valence-electron chi connectivity index (χ2n) is 10.5. The lowest BCUT2D eigenvalue weighted by Crippen LogP contribution is -2.33. The number of hydrogen-bond donors (Lipinski definition) is 1. The first-order chi connectivity index (χ1) is 17.5. The third-order valence-electron chi connectivity index (χ3n) is 7.56. The summed E-state index contributed by atoms with van der Waals surface area (Å²) in [6, 6.07) is 2.06. The van der Waals surface area contributed by atoms with E-state index in [9.17, 15) is 0 Å². The van der Waals surface area contributed by atoms with Crippen LogP contribution in [0.3, 0.4) is 0 Å². The number of anilines is 3. The van der Waals surface area contributed by atoms with Gasteiger partial charge in [-0.25, -0.2) is 0 Å². The van der Waals surface area contributed by atoms with E-state index < -0.39 is 0 Å². The van der Waals surface area contributed by atoms with Gasteiger partial charge >= 0.3 is 0 Å². The molecule has 8 heteroatoms. The van der Waals surface area contributed by atoms with E-state index in [1.165, 1.54) is 21.2 Å². The van der Waals surface area contributed by atoms with Crippen molar-refractivity contribution in [1.29, 1.82) is 0 Å². The van der Waals surface area contributed by atoms with Gasteiger partial charge in [-0.2, -0.15) is 9.97 Å². The van der Waals surface area contributed by atoms with Gasteiger partial charge in [0.1, 0.15) is 17.2 Å². The van der Waals surface area contributed by atoms with Gasteiger partial charge in [0.2, 0.25) is 5.95 Å². The van der Waals surface area contributed by atoms with E-state index in [0.717, 1.165) is 69.6 Å². The van der Waals surface area contributed by atoms with Gasteiger partial charge in [-0.15, -0.1) is 0 Å². The third-order valence-corrected chi connectivity index (χ3v) is 8.66. The zero-order chi connectivity index (χ0) is 24.7. The molecule has 3 aliphatic carbocycles. The minimum absolute atomic E-state index is 0.00130. The van der Waals surface area contributed by atoms with Crippen molar-refractivity contribution in [2.45, 2.75) is 31.7 Å². The molecule has 0 bridgehead atoms. The van der Waals surface area contributed by atoms with E-state index in [0.29, 0.717) is 5.92 Å². The van der Waals surface area contributed by atoms with Crippen LogP contribution in [0, 0.1) is 5.92 Å². The van der Waals surface area contributed by atoms with Crippen LogP contribution in [-0.4, -0.2) is 72.3 Å². The van der Waals surface area contributed by atoms with E-state index in [4.69, 9.17) is 15.0 Å². The van der Waals surface area contributed by atoms with Crippen LogP contribution in [-0.2, 0) is 0 Å². The highest BCUT2D eigenvalue weighted by atomic mass is 32.2. The molecule has 1 spiro atoms. The van der Waals surface area contributed by atoms with Gasteiger partial charge in [0.25, 0.3) is 0 Å². The molecule has 5 aliphatic rings. The predicted molar refractivity (Wildman–Crippen MR) is 152 cm³/mol. The first kappa shape index (κ1) is 23.6. The molecule has 6 rings (SSSR count). The van der Waals surface area contributed by atoms with Crippen LogP contribution in [0.15, 0.2) is 69.8 Å². The van der Waals surface area contributed by atoms with Crippen LogP contribution in [0.2, 0.25) is 0 Å². The number of allylic oxidation sites excluding steroid dienone is 7. The maximum atomic E-state index is 5.01. The molecule has 2 aliphatic heterocycles. The minimum Gasteiger partial charge on any atom is -0.363 e. The number of rotatable bonds is 6. The fourth-order valence-electron chi connectivity index (χ4n) is 5.57. The number of nitrogens with one attached hydrogen (secondary N) is 1. The second kappa shape index (κ2) is 9.56. The molecule has 3 heterocycles. The normalized spacial score (nSPS) is 27.2. The number of aliphatic imine (C=N–C) groups is 1. The van der Waals surface area contributed by atoms with Crippen molar-refractivity contribution < 1.29 is 0 Å². The van der Waals surface area contributed by atoms with Gasteiger partial charge in [0, 0.05) is 69.4 Å². The molecule has 7 nitrogen and oxygen atoms in total. The molecular weight excluding hydrogens is 466 g/mol.